The summed E-state index contributed by atoms with van der Waals surface area (Å²) in [5.41, 5.74) is 3.36. The summed E-state index contributed by atoms with van der Waals surface area (Å²) in [6, 6.07) is 6.47. The third kappa shape index (κ3) is 4.85. The molecule has 0 unspecified atom stereocenters. The number of carbonyl (C=O) groups excluding carboxylic acids is 1. The van der Waals surface area contributed by atoms with Crippen molar-refractivity contribution in [3.05, 3.63) is 45.4 Å². The van der Waals surface area contributed by atoms with Crippen LogP contribution in [0.1, 0.15) is 54.9 Å². The molecule has 0 saturated heterocycles. The summed E-state index contributed by atoms with van der Waals surface area (Å²) < 4.78 is 5.90. The lowest BCUT2D eigenvalue weighted by molar-refractivity contribution is -0.135. The summed E-state index contributed by atoms with van der Waals surface area (Å²) in [6.07, 6.45) is 3.04. The van der Waals surface area contributed by atoms with Crippen LogP contribution < -0.4 is 4.74 Å². The molecule has 1 amide bonds. The molecule has 140 valence electrons. The number of aromatic nitrogens is 1. The standard InChI is InChI=1S/C21H28N2O2S/c1-5-16(4)23(21(24)17-6-7-17)11-18-13-26-20(22-18)12-25-19-9-14(2)8-15(3)10-19/h8-10,13,16-17H,5-7,11-12H2,1-4H3/t16-/m1/s1. The van der Waals surface area contributed by atoms with Gasteiger partial charge in [-0.1, -0.05) is 13.0 Å². The van der Waals surface area contributed by atoms with Gasteiger partial charge in [-0.25, -0.2) is 4.98 Å². The predicted molar refractivity (Wildman–Crippen MR) is 105 cm³/mol. The zero-order valence-electron chi connectivity index (χ0n) is 16.1. The molecule has 0 radical (unpaired) electrons. The fourth-order valence-electron chi connectivity index (χ4n) is 3.06. The van der Waals surface area contributed by atoms with Gasteiger partial charge in [-0.15, -0.1) is 11.3 Å². The highest BCUT2D eigenvalue weighted by molar-refractivity contribution is 7.09. The first kappa shape index (κ1) is 18.9. The SMILES string of the molecule is CC[C@@H](C)N(Cc1csc(COc2cc(C)cc(C)c2)n1)C(=O)C1CC1. The number of amides is 1. The molecule has 26 heavy (non-hydrogen) atoms. The number of rotatable bonds is 8. The Bertz CT molecular complexity index is 747. The lowest BCUT2D eigenvalue weighted by Gasteiger charge is -2.28. The van der Waals surface area contributed by atoms with Gasteiger partial charge in [0, 0.05) is 17.3 Å². The number of nitrogens with zero attached hydrogens (tertiary/aromatic N) is 2. The van der Waals surface area contributed by atoms with E-state index in [1.165, 1.54) is 11.1 Å². The maximum absolute atomic E-state index is 12.6. The Morgan fingerprint density at radius 3 is 2.62 bits per heavy atom. The molecule has 3 rings (SSSR count). The van der Waals surface area contributed by atoms with Crippen LogP contribution in [0.15, 0.2) is 23.6 Å². The Morgan fingerprint density at radius 1 is 1.31 bits per heavy atom. The van der Waals surface area contributed by atoms with E-state index in [0.29, 0.717) is 19.1 Å². The van der Waals surface area contributed by atoms with Crippen molar-refractivity contribution in [2.24, 2.45) is 5.92 Å². The van der Waals surface area contributed by atoms with E-state index in [9.17, 15) is 4.79 Å². The molecule has 1 aliphatic carbocycles. The van der Waals surface area contributed by atoms with Crippen molar-refractivity contribution in [1.82, 2.24) is 9.88 Å². The van der Waals surface area contributed by atoms with Crippen molar-refractivity contribution in [1.29, 1.82) is 0 Å². The van der Waals surface area contributed by atoms with E-state index in [4.69, 9.17) is 4.74 Å². The van der Waals surface area contributed by atoms with Gasteiger partial charge in [0.25, 0.3) is 0 Å². The number of ether oxygens (including phenoxy) is 1. The molecule has 2 aromatic rings. The molecule has 1 aliphatic rings. The number of thiazole rings is 1. The Morgan fingerprint density at radius 2 is 2.00 bits per heavy atom. The van der Waals surface area contributed by atoms with Gasteiger partial charge in [0.15, 0.2) is 0 Å². The number of carbonyl (C=O) groups is 1. The van der Waals surface area contributed by atoms with Crippen molar-refractivity contribution < 1.29 is 9.53 Å². The van der Waals surface area contributed by atoms with Gasteiger partial charge in [0.2, 0.25) is 5.91 Å². The normalized spacial score (nSPS) is 14.9. The molecule has 1 fully saturated rings. The highest BCUT2D eigenvalue weighted by Crippen LogP contribution is 2.32. The molecule has 1 saturated carbocycles. The molecule has 1 heterocycles. The van der Waals surface area contributed by atoms with Crippen LogP contribution in [0.4, 0.5) is 0 Å². The van der Waals surface area contributed by atoms with Gasteiger partial charge in [-0.05, 0) is 63.3 Å². The first-order chi connectivity index (χ1) is 12.5. The average Bonchev–Trinajstić information content (AvgIpc) is 3.36. The third-order valence-corrected chi connectivity index (χ3v) is 5.69. The van der Waals surface area contributed by atoms with Crippen LogP contribution in [0.2, 0.25) is 0 Å². The molecule has 1 atom stereocenters. The van der Waals surface area contributed by atoms with Crippen LogP contribution in [0.25, 0.3) is 0 Å². The lowest BCUT2D eigenvalue weighted by Crippen LogP contribution is -2.38. The van der Waals surface area contributed by atoms with Crippen molar-refractivity contribution in [2.75, 3.05) is 0 Å². The minimum absolute atomic E-state index is 0.245. The first-order valence-corrected chi connectivity index (χ1v) is 10.3. The Labute approximate surface area is 160 Å². The summed E-state index contributed by atoms with van der Waals surface area (Å²) >= 11 is 1.60. The number of hydrogen-bond acceptors (Lipinski definition) is 4. The van der Waals surface area contributed by atoms with Crippen LogP contribution in [-0.4, -0.2) is 21.8 Å². The molecule has 4 nitrogen and oxygen atoms in total. The van der Waals surface area contributed by atoms with Gasteiger partial charge < -0.3 is 9.64 Å². The molecule has 0 bridgehead atoms. The summed E-state index contributed by atoms with van der Waals surface area (Å²) in [4.78, 5) is 19.3. The number of benzene rings is 1. The van der Waals surface area contributed by atoms with E-state index >= 15 is 0 Å². The minimum Gasteiger partial charge on any atom is -0.486 e. The van der Waals surface area contributed by atoms with Crippen LogP contribution in [0.3, 0.4) is 0 Å². The maximum Gasteiger partial charge on any atom is 0.226 e. The second-order valence-electron chi connectivity index (χ2n) is 7.34. The van der Waals surface area contributed by atoms with E-state index in [2.05, 4.69) is 44.1 Å². The van der Waals surface area contributed by atoms with E-state index in [1.807, 2.05) is 17.0 Å². The number of hydrogen-bond donors (Lipinski definition) is 0. The maximum atomic E-state index is 12.6. The van der Waals surface area contributed by atoms with Crippen LogP contribution in [0.5, 0.6) is 5.75 Å². The van der Waals surface area contributed by atoms with E-state index in [1.54, 1.807) is 11.3 Å². The average molecular weight is 373 g/mol. The zero-order chi connectivity index (χ0) is 18.7. The van der Waals surface area contributed by atoms with Crippen molar-refractivity contribution in [3.63, 3.8) is 0 Å². The highest BCUT2D eigenvalue weighted by Gasteiger charge is 2.35. The predicted octanol–water partition coefficient (Wildman–Crippen LogP) is 4.88. The number of aryl methyl sites for hydroxylation is 2. The van der Waals surface area contributed by atoms with Gasteiger partial charge in [-0.3, -0.25) is 4.79 Å². The molecule has 1 aromatic heterocycles. The lowest BCUT2D eigenvalue weighted by atomic mass is 10.1. The fraction of sp³-hybridized carbons (Fsp3) is 0.524. The summed E-state index contributed by atoms with van der Waals surface area (Å²) in [5.74, 6) is 1.42. The Balaban J connectivity index is 1.61. The van der Waals surface area contributed by atoms with Crippen LogP contribution in [-0.2, 0) is 17.9 Å². The molecular weight excluding hydrogens is 344 g/mol. The second kappa shape index (κ2) is 8.21. The first-order valence-electron chi connectivity index (χ1n) is 9.41. The molecular formula is C21H28N2O2S. The van der Waals surface area contributed by atoms with Gasteiger partial charge in [0.05, 0.1) is 12.2 Å². The van der Waals surface area contributed by atoms with Crippen molar-refractivity contribution in [2.45, 2.75) is 66.2 Å². The van der Waals surface area contributed by atoms with Gasteiger partial charge in [-0.2, -0.15) is 0 Å². The summed E-state index contributed by atoms with van der Waals surface area (Å²) in [6.45, 7) is 9.46. The van der Waals surface area contributed by atoms with Crippen molar-refractivity contribution in [3.8, 4) is 5.75 Å². The Kier molecular flexibility index (Phi) is 5.97. The Hall–Kier alpha value is -1.88. The zero-order valence-corrected chi connectivity index (χ0v) is 16.9. The highest BCUT2D eigenvalue weighted by atomic mass is 32.1. The quantitative estimate of drug-likeness (QED) is 0.663. The fourth-order valence-corrected chi connectivity index (χ4v) is 3.76. The third-order valence-electron chi connectivity index (χ3n) is 4.82. The van der Waals surface area contributed by atoms with Crippen LogP contribution in [0, 0.1) is 19.8 Å². The van der Waals surface area contributed by atoms with Gasteiger partial charge in [0.1, 0.15) is 17.4 Å². The molecule has 0 spiro atoms. The van der Waals surface area contributed by atoms with Crippen molar-refractivity contribution >= 4 is 17.2 Å². The van der Waals surface area contributed by atoms with E-state index < -0.39 is 0 Å². The van der Waals surface area contributed by atoms with E-state index in [-0.39, 0.29) is 12.0 Å². The summed E-state index contributed by atoms with van der Waals surface area (Å²) in [5, 5.41) is 3.00. The monoisotopic (exact) mass is 372 g/mol. The minimum atomic E-state index is 0.245. The largest absolute Gasteiger partial charge is 0.486 e. The summed E-state index contributed by atoms with van der Waals surface area (Å²) in [7, 11) is 0. The molecule has 0 aliphatic heterocycles. The molecule has 0 N–H and O–H groups in total. The van der Waals surface area contributed by atoms with Gasteiger partial charge >= 0.3 is 0 Å². The molecule has 5 heteroatoms. The topological polar surface area (TPSA) is 42.4 Å². The smallest absolute Gasteiger partial charge is 0.226 e. The second-order valence-corrected chi connectivity index (χ2v) is 8.29. The van der Waals surface area contributed by atoms with E-state index in [0.717, 1.165) is 35.7 Å². The van der Waals surface area contributed by atoms with Crippen LogP contribution >= 0.6 is 11.3 Å². The molecule has 1 aromatic carbocycles.